The zero-order valence-corrected chi connectivity index (χ0v) is 18.5. The Morgan fingerprint density at radius 2 is 1.48 bits per heavy atom. The number of anilines is 1. The highest BCUT2D eigenvalue weighted by Crippen LogP contribution is 2.34. The number of aryl methyl sites for hydroxylation is 2. The summed E-state index contributed by atoms with van der Waals surface area (Å²) in [5.41, 5.74) is 7.07. The first kappa shape index (κ1) is 20.9. The van der Waals surface area contributed by atoms with E-state index in [-0.39, 0.29) is 11.2 Å². The van der Waals surface area contributed by atoms with Crippen LogP contribution in [0.4, 0.5) is 5.69 Å². The van der Waals surface area contributed by atoms with Gasteiger partial charge in [0.2, 0.25) is 5.91 Å². The lowest BCUT2D eigenvalue weighted by atomic mass is 10.0. The van der Waals surface area contributed by atoms with E-state index in [1.165, 1.54) is 22.9 Å². The largest absolute Gasteiger partial charge is 0.332 e. The predicted molar refractivity (Wildman–Crippen MR) is 127 cm³/mol. The Bertz CT molecular complexity index is 1110. The number of carbonyl (C=O) groups excluding carboxylic acids is 1. The van der Waals surface area contributed by atoms with E-state index in [2.05, 4.69) is 77.7 Å². The molecular weight excluding hydrogens is 404 g/mol. The number of amides is 1. The maximum absolute atomic E-state index is 12.6. The molecule has 0 aliphatic rings. The highest BCUT2D eigenvalue weighted by atomic mass is 32.2. The third-order valence-electron chi connectivity index (χ3n) is 4.95. The van der Waals surface area contributed by atoms with Gasteiger partial charge in [-0.25, -0.2) is 4.98 Å². The van der Waals surface area contributed by atoms with E-state index >= 15 is 0 Å². The molecule has 156 valence electrons. The molecule has 0 aliphatic heterocycles. The molecule has 0 saturated heterocycles. The fraction of sp³-hybridized carbons (Fsp3) is 0.160. The highest BCUT2D eigenvalue weighted by molar-refractivity contribution is 8.00. The fourth-order valence-corrected chi connectivity index (χ4v) is 3.96. The van der Waals surface area contributed by atoms with Crippen LogP contribution < -0.4 is 5.32 Å². The van der Waals surface area contributed by atoms with Crippen molar-refractivity contribution in [3.05, 3.63) is 84.2 Å². The van der Waals surface area contributed by atoms with E-state index in [0.29, 0.717) is 5.16 Å². The monoisotopic (exact) mass is 428 g/mol. The van der Waals surface area contributed by atoms with E-state index in [9.17, 15) is 4.79 Å². The van der Waals surface area contributed by atoms with Gasteiger partial charge in [0.15, 0.2) is 5.16 Å². The van der Waals surface area contributed by atoms with E-state index in [1.54, 1.807) is 24.5 Å². The minimum atomic E-state index is -0.323. The molecular formula is C25H24N4OS. The van der Waals surface area contributed by atoms with Gasteiger partial charge < -0.3 is 10.3 Å². The summed E-state index contributed by atoms with van der Waals surface area (Å²) in [4.78, 5) is 24.9. The Balaban J connectivity index is 1.62. The van der Waals surface area contributed by atoms with Crippen molar-refractivity contribution in [1.82, 2.24) is 15.0 Å². The molecule has 1 amide bonds. The molecule has 2 aromatic carbocycles. The van der Waals surface area contributed by atoms with Crippen molar-refractivity contribution in [2.75, 3.05) is 5.32 Å². The number of nitrogens with zero attached hydrogens (tertiary/aromatic N) is 2. The molecule has 2 N–H and O–H groups in total. The summed E-state index contributed by atoms with van der Waals surface area (Å²) in [7, 11) is 0. The molecule has 0 aliphatic carbocycles. The van der Waals surface area contributed by atoms with Gasteiger partial charge in [0, 0.05) is 29.2 Å². The van der Waals surface area contributed by atoms with E-state index in [4.69, 9.17) is 4.98 Å². The Morgan fingerprint density at radius 3 is 2.10 bits per heavy atom. The van der Waals surface area contributed by atoms with Gasteiger partial charge in [0.1, 0.15) is 0 Å². The summed E-state index contributed by atoms with van der Waals surface area (Å²) in [5, 5.41) is 3.31. The first-order valence-corrected chi connectivity index (χ1v) is 11.0. The number of benzene rings is 2. The van der Waals surface area contributed by atoms with Gasteiger partial charge in [-0.3, -0.25) is 9.78 Å². The number of hydrogen-bond donors (Lipinski definition) is 2. The van der Waals surface area contributed by atoms with Crippen molar-refractivity contribution in [2.24, 2.45) is 0 Å². The molecule has 1 unspecified atom stereocenters. The van der Waals surface area contributed by atoms with Crippen LogP contribution >= 0.6 is 11.8 Å². The molecule has 4 rings (SSSR count). The minimum Gasteiger partial charge on any atom is -0.332 e. The summed E-state index contributed by atoms with van der Waals surface area (Å²) in [6, 6.07) is 20.2. The third kappa shape index (κ3) is 5.03. The molecule has 0 spiro atoms. The van der Waals surface area contributed by atoms with Crippen LogP contribution in [0.15, 0.2) is 78.2 Å². The van der Waals surface area contributed by atoms with Crippen LogP contribution in [-0.2, 0) is 4.79 Å². The summed E-state index contributed by atoms with van der Waals surface area (Å²) < 4.78 is 0. The molecule has 2 heterocycles. The zero-order valence-electron chi connectivity index (χ0n) is 17.7. The number of imidazole rings is 1. The van der Waals surface area contributed by atoms with Crippen molar-refractivity contribution < 1.29 is 4.79 Å². The fourth-order valence-electron chi connectivity index (χ4n) is 3.16. The van der Waals surface area contributed by atoms with Crippen LogP contribution in [-0.4, -0.2) is 26.1 Å². The average molecular weight is 429 g/mol. The topological polar surface area (TPSA) is 70.7 Å². The van der Waals surface area contributed by atoms with Gasteiger partial charge in [-0.05, 0) is 32.9 Å². The number of aromatic nitrogens is 3. The van der Waals surface area contributed by atoms with Crippen LogP contribution in [0.2, 0.25) is 0 Å². The van der Waals surface area contributed by atoms with E-state index in [1.807, 2.05) is 6.92 Å². The summed E-state index contributed by atoms with van der Waals surface area (Å²) in [5.74, 6) is -0.0821. The second-order valence-corrected chi connectivity index (χ2v) is 8.81. The lowest BCUT2D eigenvalue weighted by molar-refractivity contribution is -0.115. The highest BCUT2D eigenvalue weighted by Gasteiger charge is 2.20. The lowest BCUT2D eigenvalue weighted by Crippen LogP contribution is -2.22. The second-order valence-electron chi connectivity index (χ2n) is 7.48. The molecule has 1 atom stereocenters. The smallest absolute Gasteiger partial charge is 0.237 e. The minimum absolute atomic E-state index is 0.0821. The van der Waals surface area contributed by atoms with Crippen LogP contribution in [0, 0.1) is 13.8 Å². The molecule has 2 aromatic heterocycles. The summed E-state index contributed by atoms with van der Waals surface area (Å²) in [6.07, 6.45) is 3.31. The van der Waals surface area contributed by atoms with Crippen LogP contribution in [0.1, 0.15) is 18.1 Å². The quantitative estimate of drug-likeness (QED) is 0.377. The first-order valence-electron chi connectivity index (χ1n) is 10.1. The zero-order chi connectivity index (χ0) is 21.8. The predicted octanol–water partition coefficient (Wildman–Crippen LogP) is 5.87. The molecule has 0 radical (unpaired) electrons. The van der Waals surface area contributed by atoms with Crippen LogP contribution in [0.3, 0.4) is 0 Å². The van der Waals surface area contributed by atoms with Crippen LogP contribution in [0.5, 0.6) is 0 Å². The maximum Gasteiger partial charge on any atom is 0.237 e. The standard InChI is InChI=1S/C25H24N4OS/c1-16-4-8-19(9-5-16)22-23(20-10-6-17(2)7-11-20)29-25(28-22)31-18(3)24(30)27-21-12-14-26-15-13-21/h4-15,18H,1-3H3,(H,28,29)(H,26,27,30). The number of H-pyrrole nitrogens is 1. The number of thioether (sulfide) groups is 1. The summed E-state index contributed by atoms with van der Waals surface area (Å²) in [6.45, 7) is 6.02. The Labute approximate surface area is 186 Å². The Hall–Kier alpha value is -3.38. The number of hydrogen-bond acceptors (Lipinski definition) is 4. The van der Waals surface area contributed by atoms with Crippen molar-refractivity contribution >= 4 is 23.4 Å². The van der Waals surface area contributed by atoms with Gasteiger partial charge in [-0.15, -0.1) is 0 Å². The first-order chi connectivity index (χ1) is 15.0. The number of pyridine rings is 1. The molecule has 0 bridgehead atoms. The Kier molecular flexibility index (Phi) is 6.18. The maximum atomic E-state index is 12.6. The van der Waals surface area contributed by atoms with Crippen molar-refractivity contribution in [3.8, 4) is 22.5 Å². The molecule has 0 fully saturated rings. The Morgan fingerprint density at radius 1 is 0.903 bits per heavy atom. The van der Waals surface area contributed by atoms with E-state index < -0.39 is 0 Å². The molecule has 4 aromatic rings. The number of nitrogens with one attached hydrogen (secondary N) is 2. The molecule has 6 heteroatoms. The number of carbonyl (C=O) groups is 1. The normalized spacial score (nSPS) is 11.8. The van der Waals surface area contributed by atoms with Crippen LogP contribution in [0.25, 0.3) is 22.5 Å². The molecule has 0 saturated carbocycles. The van der Waals surface area contributed by atoms with Gasteiger partial charge in [-0.1, -0.05) is 71.4 Å². The number of rotatable bonds is 6. The lowest BCUT2D eigenvalue weighted by Gasteiger charge is -2.10. The van der Waals surface area contributed by atoms with E-state index in [0.717, 1.165) is 28.2 Å². The third-order valence-corrected chi connectivity index (χ3v) is 5.94. The average Bonchev–Trinajstić information content (AvgIpc) is 3.19. The SMILES string of the molecule is Cc1ccc(-c2nc(SC(C)C(=O)Nc3ccncc3)[nH]c2-c2ccc(C)cc2)cc1. The van der Waals surface area contributed by atoms with Gasteiger partial charge in [-0.2, -0.15) is 0 Å². The molecule has 31 heavy (non-hydrogen) atoms. The van der Waals surface area contributed by atoms with Gasteiger partial charge in [0.25, 0.3) is 0 Å². The van der Waals surface area contributed by atoms with Crippen molar-refractivity contribution in [3.63, 3.8) is 0 Å². The van der Waals surface area contributed by atoms with Gasteiger partial charge in [0.05, 0.1) is 16.6 Å². The molecule has 5 nitrogen and oxygen atoms in total. The van der Waals surface area contributed by atoms with Crippen molar-refractivity contribution in [2.45, 2.75) is 31.2 Å². The summed E-state index contributed by atoms with van der Waals surface area (Å²) >= 11 is 1.41. The number of aromatic amines is 1. The van der Waals surface area contributed by atoms with Gasteiger partial charge >= 0.3 is 0 Å². The second kappa shape index (κ2) is 9.18. The van der Waals surface area contributed by atoms with Crippen molar-refractivity contribution in [1.29, 1.82) is 0 Å².